The molecule has 1 saturated heterocycles. The molecule has 0 saturated carbocycles. The number of ether oxygens (including phenoxy) is 3. The van der Waals surface area contributed by atoms with Crippen molar-refractivity contribution in [3.63, 3.8) is 0 Å². The summed E-state index contributed by atoms with van der Waals surface area (Å²) in [5.41, 5.74) is 0.781. The summed E-state index contributed by atoms with van der Waals surface area (Å²) >= 11 is 0. The first kappa shape index (κ1) is 19.0. The van der Waals surface area contributed by atoms with Gasteiger partial charge in [-0.1, -0.05) is 49.1 Å². The van der Waals surface area contributed by atoms with Crippen LogP contribution in [0.2, 0.25) is 0 Å². The van der Waals surface area contributed by atoms with E-state index in [4.69, 9.17) is 14.2 Å². The lowest BCUT2D eigenvalue weighted by Crippen LogP contribution is -2.36. The van der Waals surface area contributed by atoms with Gasteiger partial charge in [-0.05, 0) is 18.9 Å². The summed E-state index contributed by atoms with van der Waals surface area (Å²) in [5, 5.41) is 0. The zero-order chi connectivity index (χ0) is 17.1. The smallest absolute Gasteiger partial charge is 0.125 e. The fourth-order valence-corrected chi connectivity index (χ4v) is 2.41. The van der Waals surface area contributed by atoms with Crippen molar-refractivity contribution in [1.82, 2.24) is 4.90 Å². The van der Waals surface area contributed by atoms with Gasteiger partial charge in [-0.25, -0.2) is 0 Å². The Labute approximate surface area is 146 Å². The molecule has 1 aliphatic rings. The van der Waals surface area contributed by atoms with Crippen LogP contribution in [0.3, 0.4) is 0 Å². The van der Waals surface area contributed by atoms with Crippen LogP contribution >= 0.6 is 0 Å². The first-order valence-corrected chi connectivity index (χ1v) is 8.77. The van der Waals surface area contributed by atoms with Crippen LogP contribution in [0.15, 0.2) is 30.3 Å². The van der Waals surface area contributed by atoms with Crippen LogP contribution in [0.25, 0.3) is 0 Å². The van der Waals surface area contributed by atoms with Crippen LogP contribution in [-0.4, -0.2) is 56.6 Å². The number of hydrogen-bond donors (Lipinski definition) is 0. The molecule has 4 nitrogen and oxygen atoms in total. The SMILES string of the molecule is CC[C@](C)(C#CCN1CCOCC1)OCCOCc1ccccc1. The Morgan fingerprint density at radius 2 is 1.92 bits per heavy atom. The van der Waals surface area contributed by atoms with Crippen LogP contribution in [0.5, 0.6) is 0 Å². The van der Waals surface area contributed by atoms with E-state index in [1.54, 1.807) is 0 Å². The lowest BCUT2D eigenvalue weighted by atomic mass is 10.0. The number of benzene rings is 1. The minimum Gasteiger partial charge on any atom is -0.379 e. The van der Waals surface area contributed by atoms with E-state index < -0.39 is 5.60 Å². The molecule has 0 N–H and O–H groups in total. The van der Waals surface area contributed by atoms with Gasteiger partial charge in [-0.2, -0.15) is 0 Å². The van der Waals surface area contributed by atoms with E-state index in [9.17, 15) is 0 Å². The zero-order valence-corrected chi connectivity index (χ0v) is 14.9. The van der Waals surface area contributed by atoms with Crippen molar-refractivity contribution in [2.75, 3.05) is 46.1 Å². The molecule has 0 aliphatic carbocycles. The number of morpholine rings is 1. The molecule has 0 amide bonds. The van der Waals surface area contributed by atoms with E-state index in [2.05, 4.69) is 42.7 Å². The van der Waals surface area contributed by atoms with Crippen LogP contribution in [0, 0.1) is 11.8 Å². The summed E-state index contributed by atoms with van der Waals surface area (Å²) in [6.45, 7) is 10.2. The maximum atomic E-state index is 5.96. The standard InChI is InChI=1S/C20H29NO3/c1-3-20(2,10-7-11-21-12-14-22-15-13-21)24-17-16-23-18-19-8-5-4-6-9-19/h4-6,8-9H,3,11-18H2,1-2H3/t20-/m1/s1. The fraction of sp³-hybridized carbons (Fsp3) is 0.600. The minimum absolute atomic E-state index is 0.400. The summed E-state index contributed by atoms with van der Waals surface area (Å²) < 4.78 is 17.0. The Balaban J connectivity index is 1.66. The monoisotopic (exact) mass is 331 g/mol. The summed E-state index contributed by atoms with van der Waals surface area (Å²) in [6, 6.07) is 10.2. The van der Waals surface area contributed by atoms with E-state index in [1.165, 1.54) is 5.56 Å². The van der Waals surface area contributed by atoms with Gasteiger partial charge < -0.3 is 14.2 Å². The Kier molecular flexibility index (Phi) is 8.27. The molecule has 1 atom stereocenters. The zero-order valence-electron chi connectivity index (χ0n) is 14.9. The van der Waals surface area contributed by atoms with E-state index in [0.29, 0.717) is 19.8 Å². The predicted octanol–water partition coefficient (Wildman–Crippen LogP) is 2.72. The molecule has 0 unspecified atom stereocenters. The average molecular weight is 331 g/mol. The summed E-state index contributed by atoms with van der Waals surface area (Å²) in [6.07, 6.45) is 0.863. The van der Waals surface area contributed by atoms with Gasteiger partial charge in [-0.3, -0.25) is 4.90 Å². The molecule has 1 fully saturated rings. The first-order chi connectivity index (χ1) is 11.7. The molecule has 0 aromatic heterocycles. The summed E-state index contributed by atoms with van der Waals surface area (Å²) in [5.74, 6) is 6.56. The molecular weight excluding hydrogens is 302 g/mol. The van der Waals surface area contributed by atoms with Gasteiger partial charge in [0.2, 0.25) is 0 Å². The van der Waals surface area contributed by atoms with Gasteiger partial charge in [0.25, 0.3) is 0 Å². The second kappa shape index (κ2) is 10.5. The van der Waals surface area contributed by atoms with Crippen molar-refractivity contribution in [1.29, 1.82) is 0 Å². The highest BCUT2D eigenvalue weighted by molar-refractivity contribution is 5.14. The van der Waals surface area contributed by atoms with Crippen molar-refractivity contribution in [2.24, 2.45) is 0 Å². The highest BCUT2D eigenvalue weighted by atomic mass is 16.5. The molecule has 4 heteroatoms. The molecule has 1 aliphatic heterocycles. The molecule has 1 aromatic rings. The summed E-state index contributed by atoms with van der Waals surface area (Å²) in [7, 11) is 0. The fourth-order valence-electron chi connectivity index (χ4n) is 2.41. The Morgan fingerprint density at radius 1 is 1.17 bits per heavy atom. The normalized spacial score (nSPS) is 17.8. The maximum Gasteiger partial charge on any atom is 0.125 e. The maximum absolute atomic E-state index is 5.96. The third kappa shape index (κ3) is 7.02. The molecule has 1 heterocycles. The number of nitrogens with zero attached hydrogens (tertiary/aromatic N) is 1. The lowest BCUT2D eigenvalue weighted by Gasteiger charge is -2.25. The second-order valence-electron chi connectivity index (χ2n) is 6.16. The quantitative estimate of drug-likeness (QED) is 0.541. The Hall–Kier alpha value is -1.38. The van der Waals surface area contributed by atoms with Gasteiger partial charge in [0, 0.05) is 13.1 Å². The molecular formula is C20H29NO3. The second-order valence-corrected chi connectivity index (χ2v) is 6.16. The highest BCUT2D eigenvalue weighted by Gasteiger charge is 2.19. The Bertz CT molecular complexity index is 517. The van der Waals surface area contributed by atoms with E-state index in [-0.39, 0.29) is 0 Å². The van der Waals surface area contributed by atoms with Crippen molar-refractivity contribution in [3.8, 4) is 11.8 Å². The van der Waals surface area contributed by atoms with Crippen molar-refractivity contribution in [2.45, 2.75) is 32.5 Å². The Morgan fingerprint density at radius 3 is 2.62 bits per heavy atom. The predicted molar refractivity (Wildman–Crippen MR) is 95.8 cm³/mol. The van der Waals surface area contributed by atoms with Crippen molar-refractivity contribution >= 4 is 0 Å². The first-order valence-electron chi connectivity index (χ1n) is 8.77. The van der Waals surface area contributed by atoms with Crippen molar-refractivity contribution < 1.29 is 14.2 Å². The van der Waals surface area contributed by atoms with Crippen LogP contribution in [0.4, 0.5) is 0 Å². The van der Waals surface area contributed by atoms with E-state index in [1.807, 2.05) is 18.2 Å². The van der Waals surface area contributed by atoms with Crippen LogP contribution in [-0.2, 0) is 20.8 Å². The van der Waals surface area contributed by atoms with Gasteiger partial charge in [0.15, 0.2) is 0 Å². The third-order valence-corrected chi connectivity index (χ3v) is 4.19. The molecule has 24 heavy (non-hydrogen) atoms. The van der Waals surface area contributed by atoms with Gasteiger partial charge in [0.1, 0.15) is 5.60 Å². The average Bonchev–Trinajstić information content (AvgIpc) is 2.63. The summed E-state index contributed by atoms with van der Waals surface area (Å²) in [4.78, 5) is 2.32. The van der Waals surface area contributed by atoms with E-state index >= 15 is 0 Å². The lowest BCUT2D eigenvalue weighted by molar-refractivity contribution is -0.0281. The molecule has 0 spiro atoms. The van der Waals surface area contributed by atoms with Gasteiger partial charge in [0.05, 0.1) is 39.6 Å². The third-order valence-electron chi connectivity index (χ3n) is 4.19. The van der Waals surface area contributed by atoms with Gasteiger partial charge in [-0.15, -0.1) is 0 Å². The van der Waals surface area contributed by atoms with Crippen molar-refractivity contribution in [3.05, 3.63) is 35.9 Å². The minimum atomic E-state index is -0.400. The topological polar surface area (TPSA) is 30.9 Å². The molecule has 0 radical (unpaired) electrons. The number of hydrogen-bond acceptors (Lipinski definition) is 4. The van der Waals surface area contributed by atoms with Crippen LogP contribution < -0.4 is 0 Å². The molecule has 0 bridgehead atoms. The van der Waals surface area contributed by atoms with E-state index in [0.717, 1.165) is 39.3 Å². The molecule has 1 aromatic carbocycles. The van der Waals surface area contributed by atoms with Gasteiger partial charge >= 0.3 is 0 Å². The molecule has 2 rings (SSSR count). The van der Waals surface area contributed by atoms with Crippen LogP contribution in [0.1, 0.15) is 25.8 Å². The number of rotatable bonds is 8. The largest absolute Gasteiger partial charge is 0.379 e. The molecule has 132 valence electrons. The highest BCUT2D eigenvalue weighted by Crippen LogP contribution is 2.13.